The van der Waals surface area contributed by atoms with Crippen molar-refractivity contribution in [3.8, 4) is 0 Å². The molecular formula is C15H27N3. The summed E-state index contributed by atoms with van der Waals surface area (Å²) in [5.41, 5.74) is 1.32. The predicted molar refractivity (Wildman–Crippen MR) is 75.4 cm³/mol. The molecule has 1 heterocycles. The summed E-state index contributed by atoms with van der Waals surface area (Å²) in [6.07, 6.45) is 12.3. The van der Waals surface area contributed by atoms with E-state index in [1.54, 1.807) is 0 Å². The molecule has 3 nitrogen and oxygen atoms in total. The van der Waals surface area contributed by atoms with Gasteiger partial charge < -0.3 is 5.32 Å². The van der Waals surface area contributed by atoms with Gasteiger partial charge in [-0.15, -0.1) is 0 Å². The van der Waals surface area contributed by atoms with Crippen molar-refractivity contribution >= 4 is 0 Å². The van der Waals surface area contributed by atoms with Crippen LogP contribution in [0, 0.1) is 5.92 Å². The zero-order chi connectivity index (χ0) is 12.8. The lowest BCUT2D eigenvalue weighted by Crippen LogP contribution is -2.33. The summed E-state index contributed by atoms with van der Waals surface area (Å²) in [6.45, 7) is 6.58. The van der Waals surface area contributed by atoms with Crippen LogP contribution < -0.4 is 5.32 Å². The molecule has 3 heteroatoms. The number of nitrogens with one attached hydrogen (secondary N) is 1. The fourth-order valence-electron chi connectivity index (χ4n) is 2.89. The largest absolute Gasteiger partial charge is 0.310 e. The fraction of sp³-hybridized carbons (Fsp3) is 0.800. The second kappa shape index (κ2) is 6.93. The van der Waals surface area contributed by atoms with E-state index in [-0.39, 0.29) is 0 Å². The van der Waals surface area contributed by atoms with Gasteiger partial charge in [-0.25, -0.2) is 0 Å². The average molecular weight is 249 g/mol. The molecule has 0 spiro atoms. The molecule has 0 aromatic carbocycles. The summed E-state index contributed by atoms with van der Waals surface area (Å²) in [5, 5.41) is 8.11. The lowest BCUT2D eigenvalue weighted by atomic mass is 9.97. The second-order valence-electron chi connectivity index (χ2n) is 5.71. The summed E-state index contributed by atoms with van der Waals surface area (Å²) in [5.74, 6) is 0.818. The Balaban J connectivity index is 1.81. The lowest BCUT2D eigenvalue weighted by molar-refractivity contribution is 0.356. The Morgan fingerprint density at radius 2 is 2.17 bits per heavy atom. The quantitative estimate of drug-likeness (QED) is 0.811. The first kappa shape index (κ1) is 13.6. The number of nitrogens with zero attached hydrogens (tertiary/aromatic N) is 2. The van der Waals surface area contributed by atoms with Gasteiger partial charge in [-0.1, -0.05) is 33.1 Å². The van der Waals surface area contributed by atoms with E-state index in [9.17, 15) is 0 Å². The third-order valence-electron chi connectivity index (χ3n) is 4.07. The first-order valence-corrected chi connectivity index (χ1v) is 7.54. The van der Waals surface area contributed by atoms with E-state index >= 15 is 0 Å². The molecule has 0 saturated heterocycles. The van der Waals surface area contributed by atoms with E-state index in [2.05, 4.69) is 30.5 Å². The normalized spacial score (nSPS) is 25.0. The number of hydrogen-bond acceptors (Lipinski definition) is 2. The number of rotatable bonds is 5. The maximum atomic E-state index is 4.38. The van der Waals surface area contributed by atoms with Gasteiger partial charge in [0.1, 0.15) is 0 Å². The Morgan fingerprint density at radius 1 is 1.33 bits per heavy atom. The van der Waals surface area contributed by atoms with E-state index in [4.69, 9.17) is 0 Å². The summed E-state index contributed by atoms with van der Waals surface area (Å²) < 4.78 is 2.05. The minimum atomic E-state index is 0.696. The van der Waals surface area contributed by atoms with Crippen LogP contribution in [0.1, 0.15) is 57.9 Å². The lowest BCUT2D eigenvalue weighted by Gasteiger charge is -2.22. The molecule has 0 aliphatic heterocycles. The third-order valence-corrected chi connectivity index (χ3v) is 4.07. The maximum Gasteiger partial charge on any atom is 0.0534 e. The number of aromatic nitrogens is 2. The first-order valence-electron chi connectivity index (χ1n) is 7.54. The van der Waals surface area contributed by atoms with Crippen molar-refractivity contribution in [2.75, 3.05) is 0 Å². The van der Waals surface area contributed by atoms with Gasteiger partial charge in [0, 0.05) is 30.9 Å². The predicted octanol–water partition coefficient (Wildman–Crippen LogP) is 3.35. The minimum Gasteiger partial charge on any atom is -0.310 e. The fourth-order valence-corrected chi connectivity index (χ4v) is 2.89. The zero-order valence-corrected chi connectivity index (χ0v) is 11.9. The molecule has 2 atom stereocenters. The minimum absolute atomic E-state index is 0.696. The van der Waals surface area contributed by atoms with Crippen molar-refractivity contribution in [3.05, 3.63) is 18.0 Å². The van der Waals surface area contributed by atoms with Crippen LogP contribution >= 0.6 is 0 Å². The molecule has 1 fully saturated rings. The van der Waals surface area contributed by atoms with Gasteiger partial charge in [-0.05, 0) is 25.2 Å². The molecule has 2 rings (SSSR count). The SMILES string of the molecule is CCCn1cc(CNC2CCCCCC2C)cn1. The topological polar surface area (TPSA) is 29.9 Å². The molecular weight excluding hydrogens is 222 g/mol. The van der Waals surface area contributed by atoms with Gasteiger partial charge in [-0.3, -0.25) is 4.68 Å². The van der Waals surface area contributed by atoms with Crippen LogP contribution in [0.3, 0.4) is 0 Å². The van der Waals surface area contributed by atoms with Crippen LogP contribution in [-0.4, -0.2) is 15.8 Å². The van der Waals surface area contributed by atoms with Crippen molar-refractivity contribution in [2.45, 2.75) is 71.5 Å². The number of hydrogen-bond donors (Lipinski definition) is 1. The highest BCUT2D eigenvalue weighted by atomic mass is 15.3. The average Bonchev–Trinajstić information content (AvgIpc) is 2.70. The van der Waals surface area contributed by atoms with Gasteiger partial charge in [-0.2, -0.15) is 5.10 Å². The Bertz CT molecular complexity index is 345. The first-order chi connectivity index (χ1) is 8.79. The molecule has 1 aromatic heterocycles. The highest BCUT2D eigenvalue weighted by molar-refractivity contribution is 5.03. The number of aryl methyl sites for hydroxylation is 1. The molecule has 0 amide bonds. The van der Waals surface area contributed by atoms with Crippen LogP contribution in [0.4, 0.5) is 0 Å². The van der Waals surface area contributed by atoms with E-state index < -0.39 is 0 Å². The molecule has 18 heavy (non-hydrogen) atoms. The van der Waals surface area contributed by atoms with Gasteiger partial charge in [0.2, 0.25) is 0 Å². The highest BCUT2D eigenvalue weighted by Gasteiger charge is 2.19. The van der Waals surface area contributed by atoms with Crippen LogP contribution in [0.15, 0.2) is 12.4 Å². The van der Waals surface area contributed by atoms with Crippen LogP contribution in [0.5, 0.6) is 0 Å². The van der Waals surface area contributed by atoms with Gasteiger partial charge in [0.05, 0.1) is 6.20 Å². The van der Waals surface area contributed by atoms with Crippen molar-refractivity contribution in [3.63, 3.8) is 0 Å². The van der Waals surface area contributed by atoms with Crippen molar-refractivity contribution in [1.82, 2.24) is 15.1 Å². The standard InChI is InChI=1S/C15H27N3/c1-3-9-18-12-14(11-17-18)10-16-15-8-6-4-5-7-13(15)2/h11-13,15-16H,3-10H2,1-2H3. The molecule has 1 aliphatic rings. The zero-order valence-electron chi connectivity index (χ0n) is 11.9. The molecule has 102 valence electrons. The highest BCUT2D eigenvalue weighted by Crippen LogP contribution is 2.23. The smallest absolute Gasteiger partial charge is 0.0534 e. The van der Waals surface area contributed by atoms with Gasteiger partial charge in [0.15, 0.2) is 0 Å². The van der Waals surface area contributed by atoms with E-state index in [0.29, 0.717) is 6.04 Å². The van der Waals surface area contributed by atoms with E-state index in [1.807, 2.05) is 10.9 Å². The molecule has 1 aliphatic carbocycles. The molecule has 2 unspecified atom stereocenters. The molecule has 1 aromatic rings. The van der Waals surface area contributed by atoms with Crippen molar-refractivity contribution in [2.24, 2.45) is 5.92 Å². The third kappa shape index (κ3) is 3.84. The van der Waals surface area contributed by atoms with Gasteiger partial charge >= 0.3 is 0 Å². The van der Waals surface area contributed by atoms with Crippen molar-refractivity contribution < 1.29 is 0 Å². The second-order valence-corrected chi connectivity index (χ2v) is 5.71. The summed E-state index contributed by atoms with van der Waals surface area (Å²) in [4.78, 5) is 0. The maximum absolute atomic E-state index is 4.38. The Kier molecular flexibility index (Phi) is 5.24. The summed E-state index contributed by atoms with van der Waals surface area (Å²) in [7, 11) is 0. The Morgan fingerprint density at radius 3 is 3.00 bits per heavy atom. The van der Waals surface area contributed by atoms with Crippen LogP contribution in [0.2, 0.25) is 0 Å². The Labute approximate surface area is 111 Å². The Hall–Kier alpha value is -0.830. The van der Waals surface area contributed by atoms with E-state index in [1.165, 1.54) is 37.7 Å². The molecule has 0 bridgehead atoms. The summed E-state index contributed by atoms with van der Waals surface area (Å²) >= 11 is 0. The van der Waals surface area contributed by atoms with Crippen molar-refractivity contribution in [1.29, 1.82) is 0 Å². The van der Waals surface area contributed by atoms with Crippen LogP contribution in [-0.2, 0) is 13.1 Å². The van der Waals surface area contributed by atoms with Crippen LogP contribution in [0.25, 0.3) is 0 Å². The molecule has 0 radical (unpaired) electrons. The van der Waals surface area contributed by atoms with Gasteiger partial charge in [0.25, 0.3) is 0 Å². The molecule has 1 saturated carbocycles. The summed E-state index contributed by atoms with van der Waals surface area (Å²) in [6, 6.07) is 0.696. The molecule has 1 N–H and O–H groups in total. The monoisotopic (exact) mass is 249 g/mol. The van der Waals surface area contributed by atoms with E-state index in [0.717, 1.165) is 25.4 Å².